The Morgan fingerprint density at radius 3 is 2.50 bits per heavy atom. The van der Waals surface area contributed by atoms with E-state index in [1.54, 1.807) is 6.92 Å². The number of rotatable bonds is 2. The van der Waals surface area contributed by atoms with Crippen molar-refractivity contribution in [3.8, 4) is 11.3 Å². The van der Waals surface area contributed by atoms with Crippen molar-refractivity contribution in [1.29, 1.82) is 0 Å². The molecule has 3 nitrogen and oxygen atoms in total. The van der Waals surface area contributed by atoms with Crippen molar-refractivity contribution in [2.75, 3.05) is 5.73 Å². The molecule has 0 amide bonds. The summed E-state index contributed by atoms with van der Waals surface area (Å²) in [5.41, 5.74) is 9.96. The second kappa shape index (κ2) is 4.72. The van der Waals surface area contributed by atoms with E-state index in [1.807, 2.05) is 12.1 Å². The molecule has 0 bridgehead atoms. The van der Waals surface area contributed by atoms with Crippen molar-refractivity contribution in [3.63, 3.8) is 0 Å². The number of fused-ring (bicyclic) bond motifs is 1. The van der Waals surface area contributed by atoms with Gasteiger partial charge in [0.15, 0.2) is 5.78 Å². The maximum absolute atomic E-state index is 11.5. The zero-order valence-corrected chi connectivity index (χ0v) is 12.2. The van der Waals surface area contributed by atoms with Crippen molar-refractivity contribution < 1.29 is 9.78 Å². The molecular formula is C16H15N2OS+. The first-order chi connectivity index (χ1) is 9.56. The number of carbonyl (C=O) groups excluding carboxylic acids is 1. The number of nitrogens with one attached hydrogen (secondary N) is 1. The molecule has 0 aliphatic heterocycles. The molecule has 3 rings (SSSR count). The number of H-pyrrole nitrogens is 1. The average molecular weight is 283 g/mol. The number of ketones is 1. The number of thiophene rings is 1. The van der Waals surface area contributed by atoms with Gasteiger partial charge in [-0.05, 0) is 25.1 Å². The lowest BCUT2D eigenvalue weighted by Crippen LogP contribution is -2.06. The number of anilines is 1. The predicted molar refractivity (Wildman–Crippen MR) is 83.0 cm³/mol. The Kier molecular flexibility index (Phi) is 3.03. The number of nitrogens with two attached hydrogens (primary N) is 1. The van der Waals surface area contributed by atoms with E-state index in [2.05, 4.69) is 36.2 Å². The van der Waals surface area contributed by atoms with E-state index >= 15 is 0 Å². The molecule has 0 aliphatic carbocycles. The lowest BCUT2D eigenvalue weighted by Gasteiger charge is -1.97. The van der Waals surface area contributed by atoms with Crippen LogP contribution in [0.25, 0.3) is 21.5 Å². The van der Waals surface area contributed by atoms with Crippen LogP contribution in [0.4, 0.5) is 5.69 Å². The highest BCUT2D eigenvalue weighted by Gasteiger charge is 2.18. The topological polar surface area (TPSA) is 57.2 Å². The molecule has 3 N–H and O–H groups in total. The van der Waals surface area contributed by atoms with Gasteiger partial charge in [-0.1, -0.05) is 29.0 Å². The van der Waals surface area contributed by atoms with E-state index in [1.165, 1.54) is 16.9 Å². The summed E-state index contributed by atoms with van der Waals surface area (Å²) in [5.74, 6) is 0.00832. The molecular weight excluding hydrogens is 268 g/mol. The lowest BCUT2D eigenvalue weighted by molar-refractivity contribution is -0.327. The van der Waals surface area contributed by atoms with Crippen molar-refractivity contribution in [2.45, 2.75) is 13.8 Å². The molecule has 100 valence electrons. The standard InChI is InChI=1S/C16H14N2OS/c1-9-3-5-11(6-4-9)13-8-7-12-14(17)15(10(2)19)20-16(12)18-13/h3-8H,17H2,1-2H3/p+1. The Balaban J connectivity index is 2.15. The molecule has 0 radical (unpaired) electrons. The van der Waals surface area contributed by atoms with Gasteiger partial charge in [0, 0.05) is 18.6 Å². The SMILES string of the molecule is CC(=O)c1sc2[nH+]c(-c3ccc(C)cc3)ccc2c1N. The molecule has 2 heterocycles. The Labute approximate surface area is 121 Å². The number of benzene rings is 1. The van der Waals surface area contributed by atoms with E-state index in [0.29, 0.717) is 10.6 Å². The maximum Gasteiger partial charge on any atom is 0.270 e. The quantitative estimate of drug-likeness (QED) is 0.732. The van der Waals surface area contributed by atoms with E-state index in [-0.39, 0.29) is 5.78 Å². The summed E-state index contributed by atoms with van der Waals surface area (Å²) in [4.78, 5) is 16.5. The van der Waals surface area contributed by atoms with Gasteiger partial charge >= 0.3 is 0 Å². The minimum Gasteiger partial charge on any atom is -0.397 e. The van der Waals surface area contributed by atoms with Crippen molar-refractivity contribution >= 4 is 33.0 Å². The van der Waals surface area contributed by atoms with E-state index in [0.717, 1.165) is 21.5 Å². The van der Waals surface area contributed by atoms with Crippen LogP contribution in [-0.2, 0) is 0 Å². The third-order valence-corrected chi connectivity index (χ3v) is 4.57. The second-order valence-electron chi connectivity index (χ2n) is 4.88. The summed E-state index contributed by atoms with van der Waals surface area (Å²) in [6.07, 6.45) is 0. The van der Waals surface area contributed by atoms with Crippen LogP contribution in [0.15, 0.2) is 36.4 Å². The predicted octanol–water partition coefficient (Wildman–Crippen LogP) is 3.48. The molecule has 1 aromatic carbocycles. The van der Waals surface area contributed by atoms with Gasteiger partial charge in [-0.3, -0.25) is 4.79 Å². The molecule has 2 aromatic heterocycles. The Morgan fingerprint density at radius 1 is 1.15 bits per heavy atom. The smallest absolute Gasteiger partial charge is 0.270 e. The van der Waals surface area contributed by atoms with E-state index < -0.39 is 0 Å². The lowest BCUT2D eigenvalue weighted by atomic mass is 10.1. The van der Waals surface area contributed by atoms with Gasteiger partial charge in [0.1, 0.15) is 0 Å². The Bertz CT molecular complexity index is 803. The van der Waals surface area contributed by atoms with Crippen molar-refractivity contribution in [1.82, 2.24) is 0 Å². The number of pyridine rings is 1. The molecule has 3 aromatic rings. The number of hydrogen-bond acceptors (Lipinski definition) is 3. The number of aromatic amines is 1. The molecule has 0 saturated heterocycles. The van der Waals surface area contributed by atoms with Gasteiger partial charge in [-0.25, -0.2) is 0 Å². The van der Waals surface area contributed by atoms with Crippen LogP contribution in [0.5, 0.6) is 0 Å². The highest BCUT2D eigenvalue weighted by molar-refractivity contribution is 7.20. The van der Waals surface area contributed by atoms with Gasteiger partial charge in [-0.15, -0.1) is 0 Å². The van der Waals surface area contributed by atoms with Gasteiger partial charge in [-0.2, -0.15) is 4.98 Å². The monoisotopic (exact) mass is 283 g/mol. The fourth-order valence-corrected chi connectivity index (χ4v) is 3.23. The van der Waals surface area contributed by atoms with Crippen LogP contribution in [0.1, 0.15) is 22.2 Å². The Hall–Kier alpha value is -2.20. The number of Topliss-reactive ketones (excluding diaryl/α,β-unsaturated/α-hetero) is 1. The summed E-state index contributed by atoms with van der Waals surface area (Å²) < 4.78 is 0. The summed E-state index contributed by atoms with van der Waals surface area (Å²) >= 11 is 1.41. The van der Waals surface area contributed by atoms with Crippen LogP contribution in [0.3, 0.4) is 0 Å². The number of nitrogen functional groups attached to an aromatic ring is 1. The molecule has 0 fully saturated rings. The first-order valence-electron chi connectivity index (χ1n) is 6.38. The second-order valence-corrected chi connectivity index (χ2v) is 5.90. The molecule has 0 aliphatic rings. The summed E-state index contributed by atoms with van der Waals surface area (Å²) in [5, 5.41) is 0.913. The minimum absolute atomic E-state index is 0.00832. The van der Waals surface area contributed by atoms with Gasteiger partial charge < -0.3 is 5.73 Å². The number of aryl methyl sites for hydroxylation is 1. The van der Waals surface area contributed by atoms with Gasteiger partial charge in [0.2, 0.25) is 5.69 Å². The zero-order valence-electron chi connectivity index (χ0n) is 11.4. The third kappa shape index (κ3) is 2.08. The van der Waals surface area contributed by atoms with Crippen LogP contribution in [0, 0.1) is 6.92 Å². The molecule has 0 atom stereocenters. The first-order valence-corrected chi connectivity index (χ1v) is 7.20. The van der Waals surface area contributed by atoms with Crippen LogP contribution in [0.2, 0.25) is 0 Å². The Morgan fingerprint density at radius 2 is 1.85 bits per heavy atom. The summed E-state index contributed by atoms with van der Waals surface area (Å²) in [6, 6.07) is 12.3. The zero-order chi connectivity index (χ0) is 14.3. The third-order valence-electron chi connectivity index (χ3n) is 3.33. The van der Waals surface area contributed by atoms with Gasteiger partial charge in [0.25, 0.3) is 4.83 Å². The summed E-state index contributed by atoms with van der Waals surface area (Å²) in [7, 11) is 0. The van der Waals surface area contributed by atoms with Crippen LogP contribution in [-0.4, -0.2) is 5.78 Å². The number of carbonyl (C=O) groups is 1. The minimum atomic E-state index is 0.00832. The first kappa shape index (κ1) is 12.8. The van der Waals surface area contributed by atoms with Crippen molar-refractivity contribution in [3.05, 3.63) is 46.8 Å². The fourth-order valence-electron chi connectivity index (χ4n) is 2.21. The van der Waals surface area contributed by atoms with Crippen LogP contribution < -0.4 is 10.7 Å². The summed E-state index contributed by atoms with van der Waals surface area (Å²) in [6.45, 7) is 3.61. The van der Waals surface area contributed by atoms with E-state index in [4.69, 9.17) is 5.73 Å². The van der Waals surface area contributed by atoms with E-state index in [9.17, 15) is 4.79 Å². The molecule has 0 unspecified atom stereocenters. The van der Waals surface area contributed by atoms with Crippen molar-refractivity contribution in [2.24, 2.45) is 0 Å². The normalized spacial score (nSPS) is 10.9. The molecule has 20 heavy (non-hydrogen) atoms. The molecule has 0 saturated carbocycles. The molecule has 4 heteroatoms. The highest BCUT2D eigenvalue weighted by Crippen LogP contribution is 2.32. The fraction of sp³-hybridized carbons (Fsp3) is 0.125. The molecule has 0 spiro atoms. The number of aromatic nitrogens is 1. The number of hydrogen-bond donors (Lipinski definition) is 1. The maximum atomic E-state index is 11.5. The highest BCUT2D eigenvalue weighted by atomic mass is 32.1. The largest absolute Gasteiger partial charge is 0.397 e. The van der Waals surface area contributed by atoms with Gasteiger partial charge in [0.05, 0.1) is 16.0 Å². The van der Waals surface area contributed by atoms with Crippen LogP contribution >= 0.6 is 11.3 Å². The average Bonchev–Trinajstić information content (AvgIpc) is 2.77.